The molecule has 1 saturated carbocycles. The Bertz CT molecular complexity index is 766. The maximum absolute atomic E-state index is 5.76. The monoisotopic (exact) mass is 299 g/mol. The van der Waals surface area contributed by atoms with Crippen LogP contribution in [-0.4, -0.2) is 37.2 Å². The highest BCUT2D eigenvalue weighted by Gasteiger charge is 2.20. The molecule has 3 heterocycles. The Morgan fingerprint density at radius 1 is 1.32 bits per heavy atom. The summed E-state index contributed by atoms with van der Waals surface area (Å²) in [7, 11) is 0. The fraction of sp³-hybridized carbons (Fsp3) is 0.533. The second kappa shape index (κ2) is 5.66. The molecule has 0 unspecified atom stereocenters. The van der Waals surface area contributed by atoms with Gasteiger partial charge in [-0.25, -0.2) is 4.98 Å². The normalized spacial score (nSPS) is 22.6. The summed E-state index contributed by atoms with van der Waals surface area (Å²) in [5.74, 6) is 0.715. The molecule has 0 aromatic carbocycles. The minimum Gasteiger partial charge on any atom is -0.345 e. The minimum atomic E-state index is 0.584. The van der Waals surface area contributed by atoms with Gasteiger partial charge in [-0.15, -0.1) is 10.2 Å². The van der Waals surface area contributed by atoms with E-state index in [9.17, 15) is 0 Å². The van der Waals surface area contributed by atoms with Crippen LogP contribution in [0, 0.1) is 5.92 Å². The predicted octanol–water partition coefficient (Wildman–Crippen LogP) is 1.21. The third-order valence-corrected chi connectivity index (χ3v) is 4.80. The fourth-order valence-electron chi connectivity index (χ4n) is 3.43. The lowest BCUT2D eigenvalue weighted by Gasteiger charge is -2.28. The van der Waals surface area contributed by atoms with Crippen LogP contribution in [0.3, 0.4) is 0 Å². The number of hydrogen-bond acceptors (Lipinski definition) is 5. The van der Waals surface area contributed by atoms with E-state index in [0.29, 0.717) is 12.0 Å². The summed E-state index contributed by atoms with van der Waals surface area (Å²) >= 11 is 0. The van der Waals surface area contributed by atoms with Crippen molar-refractivity contribution >= 4 is 16.8 Å². The molecular formula is C15H21N7. The van der Waals surface area contributed by atoms with Gasteiger partial charge in [-0.3, -0.25) is 4.40 Å². The topological polar surface area (TPSA) is 96.9 Å². The van der Waals surface area contributed by atoms with Gasteiger partial charge in [-0.1, -0.05) is 0 Å². The van der Waals surface area contributed by atoms with Crippen molar-refractivity contribution in [3.05, 3.63) is 24.3 Å². The minimum absolute atomic E-state index is 0.584. The van der Waals surface area contributed by atoms with E-state index in [4.69, 9.17) is 5.73 Å². The summed E-state index contributed by atoms with van der Waals surface area (Å²) in [5.41, 5.74) is 9.67. The van der Waals surface area contributed by atoms with Gasteiger partial charge in [0.25, 0.3) is 0 Å². The molecule has 0 saturated heterocycles. The maximum atomic E-state index is 5.76. The third-order valence-electron chi connectivity index (χ3n) is 4.80. The second-order valence-electron chi connectivity index (χ2n) is 6.16. The zero-order valence-corrected chi connectivity index (χ0v) is 12.5. The molecule has 1 fully saturated rings. The van der Waals surface area contributed by atoms with Gasteiger partial charge >= 0.3 is 0 Å². The van der Waals surface area contributed by atoms with Crippen molar-refractivity contribution in [1.29, 1.82) is 0 Å². The molecule has 1 aliphatic carbocycles. The van der Waals surface area contributed by atoms with Crippen molar-refractivity contribution in [2.45, 2.75) is 38.3 Å². The molecule has 7 heteroatoms. The molecule has 0 bridgehead atoms. The number of nitrogens with zero attached hydrogens (tertiary/aromatic N) is 4. The standard InChI is InChI=1S/C15H21N7/c16-5-10-1-3-12(4-2-10)17-6-11-7-18-15-14(11)22-9-20-21-13(22)8-19-15/h7-10,12,17-18H,1-6,16H2. The molecule has 22 heavy (non-hydrogen) atoms. The Morgan fingerprint density at radius 3 is 3.00 bits per heavy atom. The van der Waals surface area contributed by atoms with Gasteiger partial charge < -0.3 is 16.0 Å². The summed E-state index contributed by atoms with van der Waals surface area (Å²) < 4.78 is 1.99. The molecule has 1 aliphatic rings. The average Bonchev–Trinajstić information content (AvgIpc) is 3.19. The Kier molecular flexibility index (Phi) is 3.51. The molecule has 116 valence electrons. The summed E-state index contributed by atoms with van der Waals surface area (Å²) in [5, 5.41) is 11.7. The third kappa shape index (κ3) is 2.36. The number of H-pyrrole nitrogens is 1. The molecule has 0 amide bonds. The molecule has 7 nitrogen and oxygen atoms in total. The molecule has 0 spiro atoms. The number of rotatable bonds is 4. The number of aromatic nitrogens is 5. The van der Waals surface area contributed by atoms with Gasteiger partial charge in [-0.05, 0) is 38.1 Å². The summed E-state index contributed by atoms with van der Waals surface area (Å²) in [6, 6.07) is 0.584. The van der Waals surface area contributed by atoms with Crippen LogP contribution in [0.15, 0.2) is 18.7 Å². The number of nitrogens with two attached hydrogens (primary N) is 1. The Balaban J connectivity index is 1.51. The summed E-state index contributed by atoms with van der Waals surface area (Å²) in [6.07, 6.45) is 10.4. The van der Waals surface area contributed by atoms with Crippen molar-refractivity contribution < 1.29 is 0 Å². The second-order valence-corrected chi connectivity index (χ2v) is 6.16. The van der Waals surface area contributed by atoms with Crippen molar-refractivity contribution in [3.8, 4) is 0 Å². The SMILES string of the molecule is NCC1CCC(NCc2c[nH]c3ncc4nncn4c23)CC1. The zero-order valence-electron chi connectivity index (χ0n) is 12.5. The van der Waals surface area contributed by atoms with Crippen LogP contribution in [0.4, 0.5) is 0 Å². The largest absolute Gasteiger partial charge is 0.345 e. The number of aromatic amines is 1. The van der Waals surface area contributed by atoms with E-state index in [0.717, 1.165) is 29.9 Å². The van der Waals surface area contributed by atoms with Crippen molar-refractivity contribution in [3.63, 3.8) is 0 Å². The van der Waals surface area contributed by atoms with E-state index in [-0.39, 0.29) is 0 Å². The lowest BCUT2D eigenvalue weighted by Crippen LogP contribution is -2.34. The van der Waals surface area contributed by atoms with Gasteiger partial charge in [-0.2, -0.15) is 0 Å². The first kappa shape index (κ1) is 13.7. The van der Waals surface area contributed by atoms with E-state index in [1.165, 1.54) is 31.2 Å². The van der Waals surface area contributed by atoms with Gasteiger partial charge in [0, 0.05) is 24.3 Å². The van der Waals surface area contributed by atoms with E-state index in [1.807, 2.05) is 10.6 Å². The molecular weight excluding hydrogens is 278 g/mol. The van der Waals surface area contributed by atoms with Crippen molar-refractivity contribution in [2.24, 2.45) is 11.7 Å². The number of hydrogen-bond donors (Lipinski definition) is 3. The first-order valence-corrected chi connectivity index (χ1v) is 7.93. The highest BCUT2D eigenvalue weighted by atomic mass is 15.2. The van der Waals surface area contributed by atoms with E-state index < -0.39 is 0 Å². The van der Waals surface area contributed by atoms with Crippen LogP contribution < -0.4 is 11.1 Å². The number of nitrogens with one attached hydrogen (secondary N) is 2. The Hall–Kier alpha value is -1.99. The molecule has 4 rings (SSSR count). The first-order chi connectivity index (χ1) is 10.8. The molecule has 3 aromatic heterocycles. The molecule has 3 aromatic rings. The van der Waals surface area contributed by atoms with E-state index in [1.54, 1.807) is 12.5 Å². The quantitative estimate of drug-likeness (QED) is 0.673. The molecule has 4 N–H and O–H groups in total. The summed E-state index contributed by atoms with van der Waals surface area (Å²) in [4.78, 5) is 7.63. The van der Waals surface area contributed by atoms with Gasteiger partial charge in [0.15, 0.2) is 11.3 Å². The molecule has 0 aliphatic heterocycles. The molecule has 0 radical (unpaired) electrons. The predicted molar refractivity (Wildman–Crippen MR) is 84.3 cm³/mol. The Labute approximate surface area is 128 Å². The lowest BCUT2D eigenvalue weighted by atomic mass is 9.86. The van der Waals surface area contributed by atoms with Crippen LogP contribution in [0.2, 0.25) is 0 Å². The maximum Gasteiger partial charge on any atom is 0.179 e. The smallest absolute Gasteiger partial charge is 0.179 e. The summed E-state index contributed by atoms with van der Waals surface area (Å²) in [6.45, 7) is 1.66. The van der Waals surface area contributed by atoms with Crippen LogP contribution in [0.5, 0.6) is 0 Å². The highest BCUT2D eigenvalue weighted by Crippen LogP contribution is 2.24. The van der Waals surface area contributed by atoms with Crippen LogP contribution >= 0.6 is 0 Å². The average molecular weight is 299 g/mol. The van der Waals surface area contributed by atoms with Crippen LogP contribution in [0.1, 0.15) is 31.2 Å². The van der Waals surface area contributed by atoms with Gasteiger partial charge in [0.05, 0.1) is 11.7 Å². The highest BCUT2D eigenvalue weighted by molar-refractivity contribution is 5.78. The zero-order chi connectivity index (χ0) is 14.9. The Morgan fingerprint density at radius 2 is 2.18 bits per heavy atom. The lowest BCUT2D eigenvalue weighted by molar-refractivity contribution is 0.296. The van der Waals surface area contributed by atoms with Crippen molar-refractivity contribution in [2.75, 3.05) is 6.54 Å². The first-order valence-electron chi connectivity index (χ1n) is 7.93. The van der Waals surface area contributed by atoms with E-state index in [2.05, 4.69) is 25.5 Å². The van der Waals surface area contributed by atoms with Crippen molar-refractivity contribution in [1.82, 2.24) is 29.9 Å². The number of fused-ring (bicyclic) bond motifs is 3. The van der Waals surface area contributed by atoms with Gasteiger partial charge in [0.2, 0.25) is 0 Å². The van der Waals surface area contributed by atoms with Crippen LogP contribution in [0.25, 0.3) is 16.8 Å². The van der Waals surface area contributed by atoms with Crippen LogP contribution in [-0.2, 0) is 6.54 Å². The fourth-order valence-corrected chi connectivity index (χ4v) is 3.43. The van der Waals surface area contributed by atoms with Gasteiger partial charge in [0.1, 0.15) is 6.33 Å². The van der Waals surface area contributed by atoms with E-state index >= 15 is 0 Å². The molecule has 0 atom stereocenters.